The summed E-state index contributed by atoms with van der Waals surface area (Å²) in [5.41, 5.74) is 3.13. The molecular weight excluding hydrogens is 388 g/mol. The third-order valence-electron chi connectivity index (χ3n) is 5.22. The van der Waals surface area contributed by atoms with E-state index in [1.807, 2.05) is 84.9 Å². The molecule has 0 N–H and O–H groups in total. The minimum Gasteiger partial charge on any atom is -0.497 e. The fourth-order valence-electron chi connectivity index (χ4n) is 3.63. The van der Waals surface area contributed by atoms with Gasteiger partial charge in [-0.05, 0) is 29.8 Å². The van der Waals surface area contributed by atoms with Gasteiger partial charge in [-0.3, -0.25) is 9.36 Å². The Morgan fingerprint density at radius 2 is 1.55 bits per heavy atom. The van der Waals surface area contributed by atoms with Crippen LogP contribution in [0.25, 0.3) is 28.1 Å². The van der Waals surface area contributed by atoms with Crippen molar-refractivity contribution in [3.8, 4) is 22.8 Å². The molecule has 31 heavy (non-hydrogen) atoms. The van der Waals surface area contributed by atoms with Gasteiger partial charge in [-0.25, -0.2) is 9.67 Å². The predicted molar refractivity (Wildman–Crippen MR) is 121 cm³/mol. The maximum Gasteiger partial charge on any atom is 0.265 e. The lowest BCUT2D eigenvalue weighted by molar-refractivity contribution is 0.414. The second-order valence-corrected chi connectivity index (χ2v) is 7.17. The molecule has 0 aliphatic heterocycles. The lowest BCUT2D eigenvalue weighted by Gasteiger charge is -2.14. The molecule has 2 aromatic heterocycles. The summed E-state index contributed by atoms with van der Waals surface area (Å²) in [4.78, 5) is 18.5. The lowest BCUT2D eigenvalue weighted by Crippen LogP contribution is -2.24. The van der Waals surface area contributed by atoms with Gasteiger partial charge >= 0.3 is 0 Å². The molecule has 3 aromatic carbocycles. The van der Waals surface area contributed by atoms with Gasteiger partial charge in [0.05, 0.1) is 25.5 Å². The van der Waals surface area contributed by atoms with Crippen LogP contribution >= 0.6 is 0 Å². The molecule has 0 amide bonds. The average molecular weight is 408 g/mol. The number of aromatic nitrogens is 4. The third-order valence-corrected chi connectivity index (χ3v) is 5.22. The van der Waals surface area contributed by atoms with Gasteiger partial charge in [0.25, 0.3) is 5.56 Å². The zero-order valence-corrected chi connectivity index (χ0v) is 17.0. The molecule has 5 aromatic rings. The highest BCUT2D eigenvalue weighted by atomic mass is 16.5. The number of ether oxygens (including phenoxy) is 1. The van der Waals surface area contributed by atoms with Gasteiger partial charge in [0, 0.05) is 5.56 Å². The average Bonchev–Trinajstić information content (AvgIpc) is 3.26. The van der Waals surface area contributed by atoms with Crippen molar-refractivity contribution in [1.82, 2.24) is 19.3 Å². The summed E-state index contributed by atoms with van der Waals surface area (Å²) in [5.74, 6) is 1.38. The van der Waals surface area contributed by atoms with Crippen LogP contribution in [0.3, 0.4) is 0 Å². The van der Waals surface area contributed by atoms with Gasteiger partial charge in [-0.2, -0.15) is 5.10 Å². The minimum atomic E-state index is -0.123. The number of hydrogen-bond donors (Lipinski definition) is 0. The minimum absolute atomic E-state index is 0.123. The van der Waals surface area contributed by atoms with Crippen LogP contribution in [0.4, 0.5) is 0 Å². The number of hydrogen-bond acceptors (Lipinski definition) is 4. The van der Waals surface area contributed by atoms with Gasteiger partial charge < -0.3 is 4.74 Å². The fourth-order valence-corrected chi connectivity index (χ4v) is 3.63. The second-order valence-electron chi connectivity index (χ2n) is 7.17. The van der Waals surface area contributed by atoms with Gasteiger partial charge in [0.1, 0.15) is 17.0 Å². The van der Waals surface area contributed by atoms with E-state index in [9.17, 15) is 4.79 Å². The van der Waals surface area contributed by atoms with E-state index in [0.29, 0.717) is 23.4 Å². The summed E-state index contributed by atoms with van der Waals surface area (Å²) in [6, 6.07) is 27.1. The van der Waals surface area contributed by atoms with Crippen molar-refractivity contribution < 1.29 is 4.74 Å². The van der Waals surface area contributed by atoms with E-state index >= 15 is 0 Å². The summed E-state index contributed by atoms with van der Waals surface area (Å²) in [5, 5.41) is 4.94. The zero-order valence-electron chi connectivity index (χ0n) is 17.0. The molecular formula is C25H20N4O2. The van der Waals surface area contributed by atoms with Crippen molar-refractivity contribution in [2.24, 2.45) is 0 Å². The van der Waals surface area contributed by atoms with Crippen LogP contribution in [-0.2, 0) is 6.54 Å². The fraction of sp³-hybridized carbons (Fsp3) is 0.0800. The van der Waals surface area contributed by atoms with Crippen LogP contribution in [0.5, 0.6) is 5.75 Å². The topological polar surface area (TPSA) is 61.9 Å². The Labute approximate surface area is 179 Å². The third kappa shape index (κ3) is 3.48. The molecule has 0 unspecified atom stereocenters. The number of benzene rings is 3. The molecule has 0 radical (unpaired) electrons. The van der Waals surface area contributed by atoms with Crippen LogP contribution in [0.15, 0.2) is 95.9 Å². The van der Waals surface area contributed by atoms with Crippen LogP contribution in [0.1, 0.15) is 5.56 Å². The van der Waals surface area contributed by atoms with Gasteiger partial charge in [0.2, 0.25) is 0 Å². The zero-order chi connectivity index (χ0) is 21.2. The first-order valence-corrected chi connectivity index (χ1v) is 9.97. The summed E-state index contributed by atoms with van der Waals surface area (Å²) >= 11 is 0. The standard InChI is InChI=1S/C25H20N4O2/c1-31-21-14-12-18(13-15-21)17-28-23(19-8-4-2-5-9-19)27-24-22(25(28)30)16-26-29(24)20-10-6-3-7-11-20/h2-16H,17H2,1H3. The molecule has 0 aliphatic rings. The van der Waals surface area contributed by atoms with E-state index in [4.69, 9.17) is 9.72 Å². The summed E-state index contributed by atoms with van der Waals surface area (Å²) in [6.45, 7) is 0.395. The van der Waals surface area contributed by atoms with E-state index in [0.717, 1.165) is 22.6 Å². The largest absolute Gasteiger partial charge is 0.497 e. The molecule has 2 heterocycles. The van der Waals surface area contributed by atoms with Gasteiger partial charge in [-0.1, -0.05) is 60.7 Å². The highest BCUT2D eigenvalue weighted by molar-refractivity contribution is 5.78. The predicted octanol–water partition coefficient (Wildman–Crippen LogP) is 4.31. The Bertz CT molecular complexity index is 1390. The van der Waals surface area contributed by atoms with Crippen molar-refractivity contribution in [2.45, 2.75) is 6.54 Å². The molecule has 0 saturated carbocycles. The Hall–Kier alpha value is -4.19. The van der Waals surface area contributed by atoms with E-state index < -0.39 is 0 Å². The summed E-state index contributed by atoms with van der Waals surface area (Å²) in [7, 11) is 1.63. The first-order chi connectivity index (χ1) is 15.2. The first kappa shape index (κ1) is 18.8. The van der Waals surface area contributed by atoms with Crippen LogP contribution < -0.4 is 10.3 Å². The first-order valence-electron chi connectivity index (χ1n) is 9.97. The number of methoxy groups -OCH3 is 1. The van der Waals surface area contributed by atoms with Gasteiger partial charge in [-0.15, -0.1) is 0 Å². The maximum absolute atomic E-state index is 13.5. The highest BCUT2D eigenvalue weighted by Gasteiger charge is 2.17. The molecule has 5 rings (SSSR count). The number of para-hydroxylation sites is 1. The van der Waals surface area contributed by atoms with Crippen LogP contribution in [-0.4, -0.2) is 26.4 Å². The number of fused-ring (bicyclic) bond motifs is 1. The Kier molecular flexibility index (Phi) is 4.80. The molecule has 0 bridgehead atoms. The Morgan fingerprint density at radius 3 is 2.23 bits per heavy atom. The lowest BCUT2D eigenvalue weighted by atomic mass is 10.1. The molecule has 152 valence electrons. The smallest absolute Gasteiger partial charge is 0.265 e. The highest BCUT2D eigenvalue weighted by Crippen LogP contribution is 2.22. The molecule has 0 saturated heterocycles. The summed E-state index contributed by atoms with van der Waals surface area (Å²) < 4.78 is 8.66. The Morgan fingerprint density at radius 1 is 0.871 bits per heavy atom. The van der Waals surface area contributed by atoms with E-state index in [1.54, 1.807) is 22.6 Å². The van der Waals surface area contributed by atoms with Crippen molar-refractivity contribution in [3.63, 3.8) is 0 Å². The van der Waals surface area contributed by atoms with Crippen molar-refractivity contribution >= 4 is 11.0 Å². The van der Waals surface area contributed by atoms with E-state index in [2.05, 4.69) is 5.10 Å². The van der Waals surface area contributed by atoms with Crippen LogP contribution in [0, 0.1) is 0 Å². The second kappa shape index (κ2) is 7.91. The van der Waals surface area contributed by atoms with E-state index in [-0.39, 0.29) is 5.56 Å². The quantitative estimate of drug-likeness (QED) is 0.435. The van der Waals surface area contributed by atoms with Crippen molar-refractivity contribution in [2.75, 3.05) is 7.11 Å². The van der Waals surface area contributed by atoms with Crippen molar-refractivity contribution in [1.29, 1.82) is 0 Å². The SMILES string of the molecule is COc1ccc(Cn2c(-c3ccccc3)nc3c(cnn3-c3ccccc3)c2=O)cc1. The summed E-state index contributed by atoms with van der Waals surface area (Å²) in [6.07, 6.45) is 1.59. The van der Waals surface area contributed by atoms with Gasteiger partial charge in [0.15, 0.2) is 5.65 Å². The molecule has 6 heteroatoms. The number of rotatable bonds is 5. The molecule has 0 fully saturated rings. The molecule has 0 aliphatic carbocycles. The van der Waals surface area contributed by atoms with Crippen LogP contribution in [0.2, 0.25) is 0 Å². The van der Waals surface area contributed by atoms with E-state index in [1.165, 1.54) is 0 Å². The molecule has 0 atom stereocenters. The monoisotopic (exact) mass is 408 g/mol. The Balaban J connectivity index is 1.72. The normalized spacial score (nSPS) is 11.0. The maximum atomic E-state index is 13.5. The molecule has 0 spiro atoms. The van der Waals surface area contributed by atoms with Crippen molar-refractivity contribution in [3.05, 3.63) is 107 Å². The number of nitrogens with zero attached hydrogens (tertiary/aromatic N) is 4. The molecule has 6 nitrogen and oxygen atoms in total.